The first kappa shape index (κ1) is 15.0. The molecule has 0 radical (unpaired) electrons. The van der Waals surface area contributed by atoms with Crippen LogP contribution in [0.5, 0.6) is 0 Å². The van der Waals surface area contributed by atoms with E-state index in [4.69, 9.17) is 4.84 Å². The van der Waals surface area contributed by atoms with E-state index in [0.717, 1.165) is 11.1 Å². The van der Waals surface area contributed by atoms with Gasteiger partial charge in [-0.05, 0) is 29.7 Å². The second kappa shape index (κ2) is 8.01. The van der Waals surface area contributed by atoms with Crippen LogP contribution in [0.25, 0.3) is 0 Å². The first-order valence-electron chi connectivity index (χ1n) is 6.68. The van der Waals surface area contributed by atoms with Crippen LogP contribution in [0.4, 0.5) is 9.18 Å². The minimum atomic E-state index is -0.395. The lowest BCUT2D eigenvalue weighted by Crippen LogP contribution is -2.36. The van der Waals surface area contributed by atoms with Crippen molar-refractivity contribution < 1.29 is 14.0 Å². The molecule has 0 aliphatic carbocycles. The van der Waals surface area contributed by atoms with Crippen LogP contribution < -0.4 is 10.8 Å². The summed E-state index contributed by atoms with van der Waals surface area (Å²) in [7, 11) is 0. The zero-order valence-corrected chi connectivity index (χ0v) is 11.5. The molecule has 0 aromatic heterocycles. The van der Waals surface area contributed by atoms with Gasteiger partial charge in [0.15, 0.2) is 0 Å². The van der Waals surface area contributed by atoms with Crippen molar-refractivity contribution in [3.05, 3.63) is 71.5 Å². The lowest BCUT2D eigenvalue weighted by molar-refractivity contribution is 0.0492. The Hall–Kier alpha value is -2.40. The molecule has 0 unspecified atom stereocenters. The first-order chi connectivity index (χ1) is 10.2. The first-order valence-corrected chi connectivity index (χ1v) is 6.68. The van der Waals surface area contributed by atoms with Crippen LogP contribution in [0, 0.1) is 5.82 Å². The maximum atomic E-state index is 12.7. The van der Waals surface area contributed by atoms with Gasteiger partial charge in [-0.2, -0.15) is 0 Å². The SMILES string of the molecule is O=C(NCCc1ccc(F)cc1)NOCc1ccccc1. The molecule has 21 heavy (non-hydrogen) atoms. The van der Waals surface area contributed by atoms with Gasteiger partial charge in [-0.1, -0.05) is 42.5 Å². The smallest absolute Gasteiger partial charge is 0.336 e. The fourth-order valence-corrected chi connectivity index (χ4v) is 1.77. The summed E-state index contributed by atoms with van der Waals surface area (Å²) in [5.74, 6) is -0.265. The third kappa shape index (κ3) is 5.62. The molecule has 0 atom stereocenters. The van der Waals surface area contributed by atoms with E-state index in [-0.39, 0.29) is 5.82 Å². The number of hydrogen-bond acceptors (Lipinski definition) is 2. The molecule has 0 aliphatic heterocycles. The van der Waals surface area contributed by atoms with Gasteiger partial charge < -0.3 is 5.32 Å². The molecule has 0 heterocycles. The topological polar surface area (TPSA) is 50.4 Å². The Labute approximate surface area is 122 Å². The van der Waals surface area contributed by atoms with Gasteiger partial charge >= 0.3 is 6.03 Å². The molecule has 2 N–H and O–H groups in total. The molecule has 4 nitrogen and oxygen atoms in total. The Bertz CT molecular complexity index is 558. The van der Waals surface area contributed by atoms with Crippen LogP contribution >= 0.6 is 0 Å². The van der Waals surface area contributed by atoms with Crippen LogP contribution in [-0.2, 0) is 17.9 Å². The number of benzene rings is 2. The largest absolute Gasteiger partial charge is 0.338 e. The number of halogens is 1. The molecule has 110 valence electrons. The number of hydrogen-bond donors (Lipinski definition) is 2. The minimum Gasteiger partial charge on any atom is -0.336 e. The molecule has 0 saturated heterocycles. The molecule has 0 aliphatic rings. The van der Waals surface area contributed by atoms with E-state index in [1.807, 2.05) is 30.3 Å². The summed E-state index contributed by atoms with van der Waals surface area (Å²) in [6, 6.07) is 15.3. The number of nitrogens with one attached hydrogen (secondary N) is 2. The van der Waals surface area contributed by atoms with E-state index in [0.29, 0.717) is 19.6 Å². The van der Waals surface area contributed by atoms with Crippen molar-refractivity contribution in [2.24, 2.45) is 0 Å². The zero-order chi connectivity index (χ0) is 14.9. The van der Waals surface area contributed by atoms with E-state index >= 15 is 0 Å². The maximum absolute atomic E-state index is 12.7. The Morgan fingerprint density at radius 1 is 1.00 bits per heavy atom. The third-order valence-corrected chi connectivity index (χ3v) is 2.86. The van der Waals surface area contributed by atoms with E-state index < -0.39 is 6.03 Å². The quantitative estimate of drug-likeness (QED) is 0.803. The standard InChI is InChI=1S/C16H17FN2O2/c17-15-8-6-13(7-9-15)10-11-18-16(20)19-21-12-14-4-2-1-3-5-14/h1-9H,10-12H2,(H2,18,19,20). The van der Waals surface area contributed by atoms with Crippen LogP contribution in [0.2, 0.25) is 0 Å². The third-order valence-electron chi connectivity index (χ3n) is 2.86. The fraction of sp³-hybridized carbons (Fsp3) is 0.188. The predicted octanol–water partition coefficient (Wildman–Crippen LogP) is 2.80. The number of carbonyl (C=O) groups is 1. The second-order valence-electron chi connectivity index (χ2n) is 4.51. The van der Waals surface area contributed by atoms with Crippen molar-refractivity contribution in [1.82, 2.24) is 10.8 Å². The Balaban J connectivity index is 1.60. The van der Waals surface area contributed by atoms with Gasteiger partial charge in [-0.3, -0.25) is 4.84 Å². The lowest BCUT2D eigenvalue weighted by Gasteiger charge is -2.08. The van der Waals surface area contributed by atoms with Gasteiger partial charge in [-0.25, -0.2) is 14.7 Å². The van der Waals surface area contributed by atoms with Gasteiger partial charge in [0.05, 0.1) is 6.61 Å². The Morgan fingerprint density at radius 2 is 1.71 bits per heavy atom. The molecule has 0 fully saturated rings. The predicted molar refractivity (Wildman–Crippen MR) is 77.9 cm³/mol. The summed E-state index contributed by atoms with van der Waals surface area (Å²) in [5.41, 5.74) is 4.25. The number of rotatable bonds is 6. The number of urea groups is 1. The molecule has 0 bridgehead atoms. The molecule has 2 aromatic carbocycles. The lowest BCUT2D eigenvalue weighted by atomic mass is 10.1. The van der Waals surface area contributed by atoms with Gasteiger partial charge in [0.2, 0.25) is 0 Å². The maximum Gasteiger partial charge on any atom is 0.338 e. The summed E-state index contributed by atoms with van der Waals surface area (Å²) in [6.07, 6.45) is 0.631. The van der Waals surface area contributed by atoms with Crippen molar-refractivity contribution in [2.75, 3.05) is 6.54 Å². The minimum absolute atomic E-state index is 0.265. The van der Waals surface area contributed by atoms with Crippen molar-refractivity contribution in [2.45, 2.75) is 13.0 Å². The van der Waals surface area contributed by atoms with Crippen molar-refractivity contribution >= 4 is 6.03 Å². The average Bonchev–Trinajstić information content (AvgIpc) is 2.50. The average molecular weight is 288 g/mol. The monoisotopic (exact) mass is 288 g/mol. The van der Waals surface area contributed by atoms with Crippen LogP contribution in [-0.4, -0.2) is 12.6 Å². The van der Waals surface area contributed by atoms with Gasteiger partial charge in [0, 0.05) is 6.54 Å². The van der Waals surface area contributed by atoms with Crippen LogP contribution in [0.3, 0.4) is 0 Å². The highest BCUT2D eigenvalue weighted by Crippen LogP contribution is 2.02. The molecule has 2 amide bonds. The summed E-state index contributed by atoms with van der Waals surface area (Å²) >= 11 is 0. The fourth-order valence-electron chi connectivity index (χ4n) is 1.77. The van der Waals surface area contributed by atoms with Crippen molar-refractivity contribution in [3.8, 4) is 0 Å². The second-order valence-corrected chi connectivity index (χ2v) is 4.51. The van der Waals surface area contributed by atoms with Gasteiger partial charge in [0.25, 0.3) is 0 Å². The Morgan fingerprint density at radius 3 is 2.43 bits per heavy atom. The molecule has 2 aromatic rings. The molecule has 2 rings (SSSR count). The highest BCUT2D eigenvalue weighted by molar-refractivity contribution is 5.72. The van der Waals surface area contributed by atoms with E-state index in [9.17, 15) is 9.18 Å². The summed E-state index contributed by atoms with van der Waals surface area (Å²) in [5, 5.41) is 2.66. The van der Waals surface area contributed by atoms with Crippen LogP contribution in [0.1, 0.15) is 11.1 Å². The van der Waals surface area contributed by atoms with Crippen molar-refractivity contribution in [1.29, 1.82) is 0 Å². The molecular weight excluding hydrogens is 271 g/mol. The number of carbonyl (C=O) groups excluding carboxylic acids is 1. The van der Waals surface area contributed by atoms with Gasteiger partial charge in [-0.15, -0.1) is 0 Å². The number of hydroxylamine groups is 1. The Kier molecular flexibility index (Phi) is 5.72. The van der Waals surface area contributed by atoms with E-state index in [1.54, 1.807) is 12.1 Å². The van der Waals surface area contributed by atoms with E-state index in [2.05, 4.69) is 10.8 Å². The number of amides is 2. The highest BCUT2D eigenvalue weighted by Gasteiger charge is 2.00. The molecular formula is C16H17FN2O2. The van der Waals surface area contributed by atoms with E-state index in [1.165, 1.54) is 12.1 Å². The molecule has 5 heteroatoms. The summed E-state index contributed by atoms with van der Waals surface area (Å²) in [4.78, 5) is 16.6. The normalized spacial score (nSPS) is 10.1. The molecule has 0 spiro atoms. The summed E-state index contributed by atoms with van der Waals surface area (Å²) in [6.45, 7) is 0.762. The molecule has 0 saturated carbocycles. The van der Waals surface area contributed by atoms with Gasteiger partial charge in [0.1, 0.15) is 5.82 Å². The van der Waals surface area contributed by atoms with Crippen molar-refractivity contribution in [3.63, 3.8) is 0 Å². The zero-order valence-electron chi connectivity index (χ0n) is 11.5. The van der Waals surface area contributed by atoms with Crippen LogP contribution in [0.15, 0.2) is 54.6 Å². The highest BCUT2D eigenvalue weighted by atomic mass is 19.1. The summed E-state index contributed by atoms with van der Waals surface area (Å²) < 4.78 is 12.7.